The highest BCUT2D eigenvalue weighted by molar-refractivity contribution is 7.89. The van der Waals surface area contributed by atoms with Gasteiger partial charge < -0.3 is 9.84 Å². The van der Waals surface area contributed by atoms with Crippen molar-refractivity contribution in [1.82, 2.24) is 14.8 Å². The molecule has 1 amide bonds. The van der Waals surface area contributed by atoms with Gasteiger partial charge in [0, 0.05) is 19.6 Å². The number of benzene rings is 2. The molecule has 4 rings (SSSR count). The zero-order valence-corrected chi connectivity index (χ0v) is 22.1. The lowest BCUT2D eigenvalue weighted by molar-refractivity contribution is -0.126. The maximum absolute atomic E-state index is 13.7. The van der Waals surface area contributed by atoms with E-state index in [0.29, 0.717) is 31.6 Å². The van der Waals surface area contributed by atoms with E-state index in [4.69, 9.17) is 4.52 Å². The number of amides is 1. The second kappa shape index (κ2) is 10.8. The minimum atomic E-state index is -3.90. The number of carbonyl (C=O) groups excluding carboxylic acids is 1. The van der Waals surface area contributed by atoms with Gasteiger partial charge >= 0.3 is 0 Å². The SMILES string of the molecule is Cc1ccc(CNC(=O)C2CCCN(S(=O)(=O)c3c(C)noc3C=Cc3cc(C)ccc3C)C2)cc1. The monoisotopic (exact) mass is 507 g/mol. The van der Waals surface area contributed by atoms with Crippen molar-refractivity contribution in [2.24, 2.45) is 5.92 Å². The van der Waals surface area contributed by atoms with E-state index in [1.54, 1.807) is 13.0 Å². The van der Waals surface area contributed by atoms with Gasteiger partial charge in [-0.05, 0) is 63.3 Å². The molecule has 7 nitrogen and oxygen atoms in total. The number of aryl methyl sites for hydroxylation is 4. The van der Waals surface area contributed by atoms with E-state index >= 15 is 0 Å². The summed E-state index contributed by atoms with van der Waals surface area (Å²) in [6.07, 6.45) is 4.76. The lowest BCUT2D eigenvalue weighted by Crippen LogP contribution is -2.45. The largest absolute Gasteiger partial charge is 0.355 e. The molecule has 2 aromatic carbocycles. The molecule has 0 aliphatic carbocycles. The highest BCUT2D eigenvalue weighted by Crippen LogP contribution is 2.29. The summed E-state index contributed by atoms with van der Waals surface area (Å²) in [7, 11) is -3.90. The molecule has 0 spiro atoms. The first-order chi connectivity index (χ1) is 17.1. The van der Waals surface area contributed by atoms with E-state index < -0.39 is 15.9 Å². The van der Waals surface area contributed by atoms with Crippen LogP contribution in [0.2, 0.25) is 0 Å². The third-order valence-corrected chi connectivity index (χ3v) is 8.65. The van der Waals surface area contributed by atoms with Gasteiger partial charge in [0.15, 0.2) is 10.7 Å². The zero-order chi connectivity index (χ0) is 25.9. The molecule has 3 aromatic rings. The Balaban J connectivity index is 1.49. The fourth-order valence-corrected chi connectivity index (χ4v) is 6.22. The number of hydrogen-bond acceptors (Lipinski definition) is 5. The topological polar surface area (TPSA) is 92.5 Å². The first-order valence-electron chi connectivity index (χ1n) is 12.2. The Morgan fingerprint density at radius 3 is 2.56 bits per heavy atom. The predicted octanol–water partition coefficient (Wildman–Crippen LogP) is 4.80. The third kappa shape index (κ3) is 5.77. The van der Waals surface area contributed by atoms with Crippen molar-refractivity contribution in [3.8, 4) is 0 Å². The number of rotatable bonds is 7. The van der Waals surface area contributed by atoms with E-state index in [1.165, 1.54) is 4.31 Å². The fraction of sp³-hybridized carbons (Fsp3) is 0.357. The molecule has 1 aliphatic heterocycles. The van der Waals surface area contributed by atoms with Crippen molar-refractivity contribution in [2.45, 2.75) is 52.0 Å². The van der Waals surface area contributed by atoms with Crippen molar-refractivity contribution in [2.75, 3.05) is 13.1 Å². The summed E-state index contributed by atoms with van der Waals surface area (Å²) in [6.45, 7) is 8.56. The van der Waals surface area contributed by atoms with Gasteiger partial charge in [-0.2, -0.15) is 4.31 Å². The van der Waals surface area contributed by atoms with Gasteiger partial charge in [-0.25, -0.2) is 8.42 Å². The highest BCUT2D eigenvalue weighted by Gasteiger charge is 2.36. The van der Waals surface area contributed by atoms with Crippen LogP contribution in [0.1, 0.15) is 52.1 Å². The van der Waals surface area contributed by atoms with Crippen LogP contribution in [0.15, 0.2) is 51.9 Å². The van der Waals surface area contributed by atoms with Gasteiger partial charge in [0.25, 0.3) is 0 Å². The van der Waals surface area contributed by atoms with Gasteiger partial charge in [0.05, 0.1) is 5.92 Å². The first-order valence-corrected chi connectivity index (χ1v) is 13.6. The number of piperidine rings is 1. The van der Waals surface area contributed by atoms with Crippen LogP contribution in [0.25, 0.3) is 12.2 Å². The minimum Gasteiger partial charge on any atom is -0.355 e. The summed E-state index contributed by atoms with van der Waals surface area (Å²) in [4.78, 5) is 12.9. The fourth-order valence-electron chi connectivity index (χ4n) is 4.45. The number of sulfonamides is 1. The Bertz CT molecular complexity index is 1370. The lowest BCUT2D eigenvalue weighted by atomic mass is 9.98. The van der Waals surface area contributed by atoms with Gasteiger partial charge in [0.2, 0.25) is 15.9 Å². The summed E-state index contributed by atoms with van der Waals surface area (Å²) >= 11 is 0. The maximum atomic E-state index is 13.7. The summed E-state index contributed by atoms with van der Waals surface area (Å²) in [5.74, 6) is -0.347. The molecule has 1 aliphatic rings. The molecule has 0 bridgehead atoms. The van der Waals surface area contributed by atoms with Crippen LogP contribution in [-0.2, 0) is 21.4 Å². The molecule has 1 N–H and O–H groups in total. The number of nitrogens with zero attached hydrogens (tertiary/aromatic N) is 2. The zero-order valence-electron chi connectivity index (χ0n) is 21.2. The Morgan fingerprint density at radius 2 is 1.81 bits per heavy atom. The van der Waals surface area contributed by atoms with Crippen LogP contribution < -0.4 is 5.32 Å². The molecule has 190 valence electrons. The van der Waals surface area contributed by atoms with Crippen LogP contribution >= 0.6 is 0 Å². The van der Waals surface area contributed by atoms with Gasteiger partial charge in [-0.3, -0.25) is 4.79 Å². The van der Waals surface area contributed by atoms with Crippen molar-refractivity contribution in [3.05, 3.63) is 81.7 Å². The Hall–Kier alpha value is -3.23. The van der Waals surface area contributed by atoms with Gasteiger partial charge in [0.1, 0.15) is 5.69 Å². The predicted molar refractivity (Wildman–Crippen MR) is 141 cm³/mol. The first kappa shape index (κ1) is 25.9. The van der Waals surface area contributed by atoms with Crippen LogP contribution in [0.5, 0.6) is 0 Å². The normalized spacial score (nSPS) is 16.9. The van der Waals surface area contributed by atoms with Crippen molar-refractivity contribution in [1.29, 1.82) is 0 Å². The number of carbonyl (C=O) groups is 1. The Morgan fingerprint density at radius 1 is 1.08 bits per heavy atom. The molecule has 0 saturated carbocycles. The standard InChI is InChI=1S/C28H33N3O4S/c1-19-8-11-23(12-9-19)17-29-28(32)25-6-5-15-31(18-25)36(33,34)27-22(4)30-35-26(27)14-13-24-16-20(2)7-10-21(24)3/h7-14,16,25H,5-6,15,17-18H2,1-4H3,(H,29,32). The molecule has 1 saturated heterocycles. The maximum Gasteiger partial charge on any atom is 0.248 e. The number of nitrogens with one attached hydrogen (secondary N) is 1. The molecule has 2 heterocycles. The highest BCUT2D eigenvalue weighted by atomic mass is 32.2. The molecule has 8 heteroatoms. The molecule has 0 radical (unpaired) electrons. The van der Waals surface area contributed by atoms with Gasteiger partial charge in [-0.15, -0.1) is 0 Å². The quantitative estimate of drug-likeness (QED) is 0.496. The molecular formula is C28H33N3O4S. The lowest BCUT2D eigenvalue weighted by Gasteiger charge is -2.31. The summed E-state index contributed by atoms with van der Waals surface area (Å²) in [6, 6.07) is 14.1. The van der Waals surface area contributed by atoms with Crippen LogP contribution in [-0.4, -0.2) is 36.9 Å². The van der Waals surface area contributed by atoms with Crippen molar-refractivity contribution < 1.29 is 17.7 Å². The van der Waals surface area contributed by atoms with E-state index in [0.717, 1.165) is 27.8 Å². The molecular weight excluding hydrogens is 474 g/mol. The number of aromatic nitrogens is 1. The van der Waals surface area contributed by atoms with Crippen LogP contribution in [0.3, 0.4) is 0 Å². The summed E-state index contributed by atoms with van der Waals surface area (Å²) in [5.41, 5.74) is 5.65. The van der Waals surface area contributed by atoms with E-state index in [9.17, 15) is 13.2 Å². The smallest absolute Gasteiger partial charge is 0.248 e. The summed E-state index contributed by atoms with van der Waals surface area (Å²) in [5, 5.41) is 6.91. The van der Waals surface area contributed by atoms with Crippen LogP contribution in [0, 0.1) is 33.6 Å². The van der Waals surface area contributed by atoms with E-state index in [2.05, 4.69) is 10.5 Å². The molecule has 1 aromatic heterocycles. The second-order valence-electron chi connectivity index (χ2n) is 9.56. The van der Waals surface area contributed by atoms with Crippen LogP contribution in [0.4, 0.5) is 0 Å². The van der Waals surface area contributed by atoms with Crippen molar-refractivity contribution in [3.63, 3.8) is 0 Å². The average molecular weight is 508 g/mol. The minimum absolute atomic E-state index is 0.0600. The van der Waals surface area contributed by atoms with Gasteiger partial charge in [-0.1, -0.05) is 64.8 Å². The van der Waals surface area contributed by atoms with E-state index in [-0.39, 0.29) is 23.1 Å². The number of hydrogen-bond donors (Lipinski definition) is 1. The average Bonchev–Trinajstić information content (AvgIpc) is 3.25. The van der Waals surface area contributed by atoms with Crippen molar-refractivity contribution >= 4 is 28.1 Å². The third-order valence-electron chi connectivity index (χ3n) is 6.62. The molecule has 1 unspecified atom stereocenters. The second-order valence-corrected chi connectivity index (χ2v) is 11.4. The Kier molecular flexibility index (Phi) is 7.76. The van der Waals surface area contributed by atoms with E-state index in [1.807, 2.05) is 69.3 Å². The molecule has 1 fully saturated rings. The Labute approximate surface area is 213 Å². The molecule has 36 heavy (non-hydrogen) atoms. The summed E-state index contributed by atoms with van der Waals surface area (Å²) < 4.78 is 34.1. The molecule has 1 atom stereocenters.